The second-order valence-corrected chi connectivity index (χ2v) is 6.91. The molecule has 0 amide bonds. The van der Waals surface area contributed by atoms with Crippen LogP contribution < -0.4 is 5.32 Å². The molecule has 0 bridgehead atoms. The quantitative estimate of drug-likeness (QED) is 0.774. The molecule has 108 valence electrons. The SMILES string of the molecule is CS(=O)(=O)c1ccc(Nc2n[nH]c3cccnc23)cc1Cl. The molecule has 2 N–H and O–H groups in total. The number of sulfone groups is 1. The minimum absolute atomic E-state index is 0.0970. The van der Waals surface area contributed by atoms with Crippen molar-refractivity contribution in [3.63, 3.8) is 0 Å². The molecule has 6 nitrogen and oxygen atoms in total. The molecule has 0 aliphatic rings. The fourth-order valence-electron chi connectivity index (χ4n) is 1.96. The predicted octanol–water partition coefficient (Wildman–Crippen LogP) is 2.76. The lowest BCUT2D eigenvalue weighted by molar-refractivity contribution is 0.602. The first-order chi connectivity index (χ1) is 9.95. The summed E-state index contributed by atoms with van der Waals surface area (Å²) in [5, 5.41) is 10.2. The number of pyridine rings is 1. The second-order valence-electron chi connectivity index (χ2n) is 4.51. The van der Waals surface area contributed by atoms with Gasteiger partial charge in [0.2, 0.25) is 0 Å². The molecule has 1 aromatic carbocycles. The van der Waals surface area contributed by atoms with Crippen molar-refractivity contribution in [3.05, 3.63) is 41.6 Å². The topological polar surface area (TPSA) is 87.7 Å². The molecule has 0 radical (unpaired) electrons. The Labute approximate surface area is 126 Å². The number of halogens is 1. The summed E-state index contributed by atoms with van der Waals surface area (Å²) in [6.07, 6.45) is 2.79. The summed E-state index contributed by atoms with van der Waals surface area (Å²) in [5.41, 5.74) is 2.13. The van der Waals surface area contributed by atoms with E-state index in [2.05, 4.69) is 20.5 Å². The van der Waals surface area contributed by atoms with E-state index in [0.717, 1.165) is 11.8 Å². The van der Waals surface area contributed by atoms with Crippen LogP contribution in [0.25, 0.3) is 11.0 Å². The van der Waals surface area contributed by atoms with Crippen molar-refractivity contribution in [1.82, 2.24) is 15.2 Å². The van der Waals surface area contributed by atoms with Crippen LogP contribution >= 0.6 is 11.6 Å². The van der Waals surface area contributed by atoms with Gasteiger partial charge in [-0.3, -0.25) is 10.1 Å². The van der Waals surface area contributed by atoms with Crippen LogP contribution in [0, 0.1) is 0 Å². The lowest BCUT2D eigenvalue weighted by atomic mass is 10.3. The van der Waals surface area contributed by atoms with Crippen LogP contribution in [-0.2, 0) is 9.84 Å². The van der Waals surface area contributed by atoms with Gasteiger partial charge < -0.3 is 5.32 Å². The summed E-state index contributed by atoms with van der Waals surface area (Å²) >= 11 is 6.01. The molecule has 0 aliphatic carbocycles. The van der Waals surface area contributed by atoms with Gasteiger partial charge in [-0.15, -0.1) is 0 Å². The molecule has 8 heteroatoms. The minimum Gasteiger partial charge on any atom is -0.337 e. The smallest absolute Gasteiger partial charge is 0.178 e. The van der Waals surface area contributed by atoms with Crippen molar-refractivity contribution in [3.8, 4) is 0 Å². The summed E-state index contributed by atoms with van der Waals surface area (Å²) in [6, 6.07) is 8.30. The van der Waals surface area contributed by atoms with Gasteiger partial charge in [-0.05, 0) is 30.3 Å². The van der Waals surface area contributed by atoms with E-state index in [-0.39, 0.29) is 9.92 Å². The van der Waals surface area contributed by atoms with Gasteiger partial charge in [0.15, 0.2) is 15.7 Å². The molecule has 2 aromatic heterocycles. The number of aromatic amines is 1. The Bertz CT molecular complexity index is 921. The van der Waals surface area contributed by atoms with Crippen LogP contribution in [-0.4, -0.2) is 29.9 Å². The van der Waals surface area contributed by atoms with Crippen molar-refractivity contribution in [2.24, 2.45) is 0 Å². The van der Waals surface area contributed by atoms with Gasteiger partial charge in [0.05, 0.1) is 15.4 Å². The van der Waals surface area contributed by atoms with E-state index < -0.39 is 9.84 Å². The molecular formula is C13H11ClN4O2S. The highest BCUT2D eigenvalue weighted by Crippen LogP contribution is 2.28. The van der Waals surface area contributed by atoms with E-state index in [4.69, 9.17) is 11.6 Å². The molecule has 0 atom stereocenters. The monoisotopic (exact) mass is 322 g/mol. The molecule has 0 unspecified atom stereocenters. The number of rotatable bonds is 3. The summed E-state index contributed by atoms with van der Waals surface area (Å²) in [4.78, 5) is 4.33. The largest absolute Gasteiger partial charge is 0.337 e. The molecule has 3 aromatic rings. The zero-order chi connectivity index (χ0) is 15.0. The number of fused-ring (bicyclic) bond motifs is 1. The molecule has 0 spiro atoms. The first-order valence-electron chi connectivity index (χ1n) is 6.01. The Balaban J connectivity index is 1.97. The van der Waals surface area contributed by atoms with Gasteiger partial charge in [0.25, 0.3) is 0 Å². The average Bonchev–Trinajstić information content (AvgIpc) is 2.81. The maximum absolute atomic E-state index is 11.5. The van der Waals surface area contributed by atoms with Crippen LogP contribution in [0.2, 0.25) is 5.02 Å². The summed E-state index contributed by atoms with van der Waals surface area (Å²) < 4.78 is 23.0. The standard InChI is InChI=1S/C13H11ClN4O2S/c1-21(19,20)11-5-4-8(7-9(11)14)16-13-12-10(17-18-13)3-2-6-15-12/h2-7H,1H3,(H2,16,17,18). The van der Waals surface area contributed by atoms with Gasteiger partial charge in [-0.1, -0.05) is 11.6 Å². The fourth-order valence-corrected chi connectivity index (χ4v) is 3.29. The van der Waals surface area contributed by atoms with Crippen LogP contribution in [0.3, 0.4) is 0 Å². The number of nitrogens with one attached hydrogen (secondary N) is 2. The van der Waals surface area contributed by atoms with E-state index in [1.807, 2.05) is 12.1 Å². The van der Waals surface area contributed by atoms with Crippen molar-refractivity contribution in [1.29, 1.82) is 0 Å². The van der Waals surface area contributed by atoms with Gasteiger partial charge in [-0.25, -0.2) is 8.42 Å². The molecule has 2 heterocycles. The molecule has 3 rings (SSSR count). The summed E-state index contributed by atoms with van der Waals surface area (Å²) in [5.74, 6) is 0.550. The van der Waals surface area contributed by atoms with E-state index in [9.17, 15) is 8.42 Å². The fraction of sp³-hybridized carbons (Fsp3) is 0.0769. The van der Waals surface area contributed by atoms with Gasteiger partial charge >= 0.3 is 0 Å². The van der Waals surface area contributed by atoms with E-state index in [1.54, 1.807) is 18.3 Å². The Kier molecular flexibility index (Phi) is 3.30. The normalized spacial score (nSPS) is 11.7. The number of benzene rings is 1. The second kappa shape index (κ2) is 5.01. The highest BCUT2D eigenvalue weighted by molar-refractivity contribution is 7.90. The predicted molar refractivity (Wildman–Crippen MR) is 81.7 cm³/mol. The van der Waals surface area contributed by atoms with Crippen LogP contribution in [0.4, 0.5) is 11.5 Å². The number of hydrogen-bond donors (Lipinski definition) is 2. The number of nitrogens with zero attached hydrogens (tertiary/aromatic N) is 2. The van der Waals surface area contributed by atoms with Crippen LogP contribution in [0.5, 0.6) is 0 Å². The molecular weight excluding hydrogens is 312 g/mol. The van der Waals surface area contributed by atoms with Crippen LogP contribution in [0.1, 0.15) is 0 Å². The van der Waals surface area contributed by atoms with Gasteiger partial charge in [-0.2, -0.15) is 5.10 Å². The van der Waals surface area contributed by atoms with E-state index in [0.29, 0.717) is 17.0 Å². The number of H-pyrrole nitrogens is 1. The molecule has 0 aliphatic heterocycles. The van der Waals surface area contributed by atoms with Gasteiger partial charge in [0.1, 0.15) is 5.52 Å². The number of hydrogen-bond acceptors (Lipinski definition) is 5. The molecule has 21 heavy (non-hydrogen) atoms. The van der Waals surface area contributed by atoms with Crippen molar-refractivity contribution >= 4 is 44.0 Å². The third-order valence-corrected chi connectivity index (χ3v) is 4.49. The van der Waals surface area contributed by atoms with Crippen LogP contribution in [0.15, 0.2) is 41.4 Å². The van der Waals surface area contributed by atoms with E-state index in [1.165, 1.54) is 6.07 Å². The maximum atomic E-state index is 11.5. The highest BCUT2D eigenvalue weighted by Gasteiger charge is 2.13. The van der Waals surface area contributed by atoms with Crippen molar-refractivity contribution in [2.75, 3.05) is 11.6 Å². The van der Waals surface area contributed by atoms with Gasteiger partial charge in [0, 0.05) is 18.1 Å². The number of aromatic nitrogens is 3. The number of anilines is 2. The van der Waals surface area contributed by atoms with Crippen molar-refractivity contribution in [2.45, 2.75) is 4.90 Å². The summed E-state index contributed by atoms with van der Waals surface area (Å²) in [6.45, 7) is 0. The third kappa shape index (κ3) is 2.70. The average molecular weight is 323 g/mol. The Morgan fingerprint density at radius 2 is 2.10 bits per heavy atom. The molecule has 0 fully saturated rings. The molecule has 0 saturated carbocycles. The third-order valence-electron chi connectivity index (χ3n) is 2.91. The molecule has 0 saturated heterocycles. The minimum atomic E-state index is -3.34. The lowest BCUT2D eigenvalue weighted by Gasteiger charge is -2.06. The van der Waals surface area contributed by atoms with Crippen molar-refractivity contribution < 1.29 is 8.42 Å². The van der Waals surface area contributed by atoms with E-state index >= 15 is 0 Å². The Hall–Kier alpha value is -2.12. The zero-order valence-corrected chi connectivity index (χ0v) is 12.5. The highest BCUT2D eigenvalue weighted by atomic mass is 35.5. The maximum Gasteiger partial charge on any atom is 0.178 e. The first-order valence-corrected chi connectivity index (χ1v) is 8.28. The zero-order valence-electron chi connectivity index (χ0n) is 11.0. The Morgan fingerprint density at radius 3 is 2.81 bits per heavy atom. The summed E-state index contributed by atoms with van der Waals surface area (Å²) in [7, 11) is -3.34. The lowest BCUT2D eigenvalue weighted by Crippen LogP contribution is -1.99. The first kappa shape index (κ1) is 13.8. The Morgan fingerprint density at radius 1 is 1.29 bits per heavy atom.